The molecule has 0 spiro atoms. The number of nitrogens with two attached hydrogens (primary N) is 2. The Balaban J connectivity index is 2.89. The van der Waals surface area contributed by atoms with Gasteiger partial charge in [0.25, 0.3) is 5.91 Å². The van der Waals surface area contributed by atoms with Gasteiger partial charge < -0.3 is 26.9 Å². The van der Waals surface area contributed by atoms with Crippen molar-refractivity contribution in [1.29, 1.82) is 5.41 Å². The fraction of sp³-hybridized carbons (Fsp3) is 0.0769. The van der Waals surface area contributed by atoms with Gasteiger partial charge >= 0.3 is 0 Å². The van der Waals surface area contributed by atoms with E-state index in [4.69, 9.17) is 21.6 Å². The molecule has 0 heterocycles. The van der Waals surface area contributed by atoms with Crippen LogP contribution in [0.3, 0.4) is 0 Å². The molecule has 1 aliphatic carbocycles. The molecule has 0 saturated carbocycles. The highest BCUT2D eigenvalue weighted by Gasteiger charge is 2.17. The number of ether oxygens (including phenoxy) is 1. The molecule has 0 radical (unpaired) electrons. The predicted molar refractivity (Wildman–Crippen MR) is 73.8 cm³/mol. The van der Waals surface area contributed by atoms with Gasteiger partial charge in [0.15, 0.2) is 0 Å². The Bertz CT molecular complexity index is 539. The highest BCUT2D eigenvalue weighted by atomic mass is 16.5. The minimum atomic E-state index is -0.492. The number of hydrogen-bond acceptors (Lipinski definition) is 5. The van der Waals surface area contributed by atoms with Gasteiger partial charge in [0, 0.05) is 6.08 Å². The molecule has 1 rings (SSSR count). The molecule has 1 aliphatic rings. The fourth-order valence-electron chi connectivity index (χ4n) is 1.32. The van der Waals surface area contributed by atoms with E-state index in [9.17, 15) is 4.79 Å². The number of carbonyl (C=O) groups excluding carboxylic acids is 1. The topological polar surface area (TPSA) is 114 Å². The summed E-state index contributed by atoms with van der Waals surface area (Å²) in [6, 6.07) is 0. The molecule has 0 aromatic carbocycles. The smallest absolute Gasteiger partial charge is 0.271 e. The largest absolute Gasteiger partial charge is 0.494 e. The van der Waals surface area contributed by atoms with E-state index < -0.39 is 5.91 Å². The third kappa shape index (κ3) is 3.60. The molecule has 0 atom stereocenters. The summed E-state index contributed by atoms with van der Waals surface area (Å²) in [5, 5.41) is 10.2. The highest BCUT2D eigenvalue weighted by molar-refractivity contribution is 6.10. The van der Waals surface area contributed by atoms with E-state index in [2.05, 4.69) is 11.9 Å². The molecule has 0 fully saturated rings. The summed E-state index contributed by atoms with van der Waals surface area (Å²) in [6.07, 6.45) is 7.12. The SMILES string of the molecule is C=C1C=C(NC(=O)/C(N)=C/C=C\N)C(OC)=CC1=N. The Morgan fingerprint density at radius 2 is 2.21 bits per heavy atom. The quantitative estimate of drug-likeness (QED) is 0.433. The molecular weight excluding hydrogens is 244 g/mol. The van der Waals surface area contributed by atoms with E-state index in [0.29, 0.717) is 17.0 Å². The Labute approximate surface area is 111 Å². The van der Waals surface area contributed by atoms with Crippen LogP contribution in [0.15, 0.2) is 59.8 Å². The first-order valence-corrected chi connectivity index (χ1v) is 5.40. The molecule has 0 aromatic rings. The van der Waals surface area contributed by atoms with Gasteiger partial charge in [0.2, 0.25) is 0 Å². The van der Waals surface area contributed by atoms with E-state index in [1.165, 1.54) is 31.5 Å². The maximum absolute atomic E-state index is 11.8. The van der Waals surface area contributed by atoms with E-state index in [1.807, 2.05) is 0 Å². The van der Waals surface area contributed by atoms with Crippen LogP contribution in [0.4, 0.5) is 0 Å². The molecule has 6 nitrogen and oxygen atoms in total. The van der Waals surface area contributed by atoms with Crippen LogP contribution in [0.1, 0.15) is 0 Å². The number of carbonyl (C=O) groups is 1. The number of hydrogen-bond donors (Lipinski definition) is 4. The van der Waals surface area contributed by atoms with Crippen LogP contribution in [0.25, 0.3) is 0 Å². The molecule has 0 aliphatic heterocycles. The lowest BCUT2D eigenvalue weighted by Crippen LogP contribution is -2.30. The third-order valence-electron chi connectivity index (χ3n) is 2.32. The summed E-state index contributed by atoms with van der Waals surface area (Å²) in [5.74, 6) is -0.124. The maximum atomic E-state index is 11.8. The second-order valence-corrected chi connectivity index (χ2v) is 3.67. The summed E-state index contributed by atoms with van der Waals surface area (Å²) in [4.78, 5) is 11.8. The first-order chi connectivity index (χ1) is 8.99. The van der Waals surface area contributed by atoms with Crippen molar-refractivity contribution in [2.75, 3.05) is 7.11 Å². The molecule has 100 valence electrons. The van der Waals surface area contributed by atoms with Gasteiger partial charge in [-0.15, -0.1) is 0 Å². The normalized spacial score (nSPS) is 16.2. The summed E-state index contributed by atoms with van der Waals surface area (Å²) >= 11 is 0. The Hall–Kier alpha value is -2.76. The molecule has 0 saturated heterocycles. The van der Waals surface area contributed by atoms with Gasteiger partial charge in [-0.1, -0.05) is 6.58 Å². The summed E-state index contributed by atoms with van der Waals surface area (Å²) in [6.45, 7) is 3.69. The van der Waals surface area contributed by atoms with Crippen molar-refractivity contribution in [1.82, 2.24) is 5.32 Å². The van der Waals surface area contributed by atoms with E-state index in [-0.39, 0.29) is 11.4 Å². The van der Waals surface area contributed by atoms with Crippen LogP contribution in [-0.4, -0.2) is 18.7 Å². The summed E-state index contributed by atoms with van der Waals surface area (Å²) < 4.78 is 5.09. The van der Waals surface area contributed by atoms with Crippen LogP contribution in [-0.2, 0) is 9.53 Å². The minimum absolute atomic E-state index is 0.00400. The number of methoxy groups -OCH3 is 1. The van der Waals surface area contributed by atoms with Gasteiger partial charge in [0.1, 0.15) is 5.76 Å². The number of rotatable bonds is 4. The zero-order valence-electron chi connectivity index (χ0n) is 10.6. The van der Waals surface area contributed by atoms with Crippen molar-refractivity contribution < 1.29 is 9.53 Å². The Morgan fingerprint density at radius 3 is 2.79 bits per heavy atom. The van der Waals surface area contributed by atoms with Crippen molar-refractivity contribution in [2.24, 2.45) is 11.5 Å². The van der Waals surface area contributed by atoms with Gasteiger partial charge in [-0.25, -0.2) is 0 Å². The second-order valence-electron chi connectivity index (χ2n) is 3.67. The zero-order valence-corrected chi connectivity index (χ0v) is 10.6. The standard InChI is InChI=1S/C13H16N4O2/c1-8-6-11(12(19-2)7-10(8)16)17-13(18)9(15)4-3-5-14/h3-7,16H,1,14-15H2,2H3,(H,17,18)/b5-3-,9-4-,16-10?. The van der Waals surface area contributed by atoms with E-state index >= 15 is 0 Å². The first kappa shape index (κ1) is 14.3. The lowest BCUT2D eigenvalue weighted by atomic mass is 10.0. The van der Waals surface area contributed by atoms with E-state index in [0.717, 1.165) is 0 Å². The monoisotopic (exact) mass is 260 g/mol. The Morgan fingerprint density at radius 1 is 1.53 bits per heavy atom. The van der Waals surface area contributed by atoms with Gasteiger partial charge in [0.05, 0.1) is 24.2 Å². The predicted octanol–water partition coefficient (Wildman–Crippen LogP) is 0.421. The average molecular weight is 260 g/mol. The Kier molecular flexibility index (Phi) is 4.70. The average Bonchev–Trinajstić information content (AvgIpc) is 2.39. The summed E-state index contributed by atoms with van der Waals surface area (Å²) in [5.41, 5.74) is 11.8. The number of amides is 1. The summed E-state index contributed by atoms with van der Waals surface area (Å²) in [7, 11) is 1.45. The first-order valence-electron chi connectivity index (χ1n) is 5.40. The lowest BCUT2D eigenvalue weighted by molar-refractivity contribution is -0.116. The van der Waals surface area contributed by atoms with Crippen LogP contribution in [0.5, 0.6) is 0 Å². The van der Waals surface area contributed by atoms with Crippen LogP contribution in [0, 0.1) is 5.41 Å². The lowest BCUT2D eigenvalue weighted by Gasteiger charge is -2.17. The molecule has 1 amide bonds. The minimum Gasteiger partial charge on any atom is -0.494 e. The zero-order chi connectivity index (χ0) is 14.4. The highest BCUT2D eigenvalue weighted by Crippen LogP contribution is 2.18. The van der Waals surface area contributed by atoms with Gasteiger partial charge in [-0.2, -0.15) is 0 Å². The molecular formula is C13H16N4O2. The molecule has 0 bridgehead atoms. The van der Waals surface area contributed by atoms with Crippen molar-refractivity contribution >= 4 is 11.6 Å². The molecule has 6 N–H and O–H groups in total. The number of allylic oxidation sites excluding steroid dienone is 5. The van der Waals surface area contributed by atoms with Crippen molar-refractivity contribution in [3.8, 4) is 0 Å². The molecule has 0 aromatic heterocycles. The number of nitrogens with one attached hydrogen (secondary N) is 2. The molecule has 0 unspecified atom stereocenters. The van der Waals surface area contributed by atoms with Gasteiger partial charge in [-0.3, -0.25) is 4.79 Å². The fourth-order valence-corrected chi connectivity index (χ4v) is 1.32. The van der Waals surface area contributed by atoms with Crippen molar-refractivity contribution in [2.45, 2.75) is 0 Å². The molecule has 19 heavy (non-hydrogen) atoms. The van der Waals surface area contributed by atoms with E-state index in [1.54, 1.807) is 6.08 Å². The van der Waals surface area contributed by atoms with Gasteiger partial charge in [-0.05, 0) is 30.0 Å². The third-order valence-corrected chi connectivity index (χ3v) is 2.32. The van der Waals surface area contributed by atoms with Crippen LogP contribution >= 0.6 is 0 Å². The maximum Gasteiger partial charge on any atom is 0.271 e. The van der Waals surface area contributed by atoms with Crippen LogP contribution in [0.2, 0.25) is 0 Å². The van der Waals surface area contributed by atoms with Crippen molar-refractivity contribution in [3.05, 3.63) is 59.8 Å². The molecule has 6 heteroatoms. The van der Waals surface area contributed by atoms with Crippen molar-refractivity contribution in [3.63, 3.8) is 0 Å². The second kappa shape index (κ2) is 6.25. The van der Waals surface area contributed by atoms with Crippen LogP contribution < -0.4 is 16.8 Å².